The predicted octanol–water partition coefficient (Wildman–Crippen LogP) is 12.6. The van der Waals surface area contributed by atoms with Gasteiger partial charge in [0.15, 0.2) is 17.6 Å². The van der Waals surface area contributed by atoms with Crippen LogP contribution in [-0.2, 0) is 42.9 Å². The highest BCUT2D eigenvalue weighted by Crippen LogP contribution is 2.26. The third-order valence-electron chi connectivity index (χ3n) is 9.88. The van der Waals surface area contributed by atoms with E-state index < -0.39 is 76.4 Å². The summed E-state index contributed by atoms with van der Waals surface area (Å²) in [6.45, 7) is 11.8. The second-order valence-corrected chi connectivity index (χ2v) is 16.2. The summed E-state index contributed by atoms with van der Waals surface area (Å²) in [5.41, 5.74) is 13.5. The number of aromatic carboxylic acids is 1. The Bertz CT molecular complexity index is 3450. The van der Waals surface area contributed by atoms with Crippen LogP contribution in [0.3, 0.4) is 0 Å². The first-order valence-electron chi connectivity index (χ1n) is 24.7. The number of ether oxygens (including phenoxy) is 5. The molecule has 2 aromatic heterocycles. The first-order valence-corrected chi connectivity index (χ1v) is 24.7. The second-order valence-electron chi connectivity index (χ2n) is 16.2. The summed E-state index contributed by atoms with van der Waals surface area (Å²) in [5, 5.41) is 8.88. The Hall–Kier alpha value is -10.3. The zero-order chi connectivity index (χ0) is 61.8. The molecule has 0 fully saturated rings. The molecule has 0 aliphatic rings. The number of nitrogens with two attached hydrogens (primary N) is 2. The number of hydrogen-bond donors (Lipinski definition) is 3. The smallest absolute Gasteiger partial charge is 0.376 e. The summed E-state index contributed by atoms with van der Waals surface area (Å²) >= 11 is 0. The number of carbonyl (C=O) groups is 7. The first kappa shape index (κ1) is 75.7. The standard InChI is InChI=1S/C13H14FNO4.C13H12FNO3.C11H8FNO3.C11H12FNO2.C11H11FO3.3CH4/c1-3-18-13(17)12(19-8(2)16)11(15)9-5-4-6-10(14)7-9;1-3-17-13(16)12-11(15-8(2)18-12)9-5-4-6-10(14)7-9;1-6-13-9(10(16-6)11(14)15)7-3-2-4-8(12)5-7;2*1-2-15-11(14)7-10(13)8-4-3-5-9(12)6-8;;;/h4-7H,3,15H2,1-2H3;4-7H,3H2,1-2H3;2-5H,1H3,(H,14,15);3-7H,2,13H2,1H3;3-6H,2,7H2,1H3;3*1H4/b12-11-;;;10-7+;;;;. The summed E-state index contributed by atoms with van der Waals surface area (Å²) in [5.74, 6) is -7.39. The van der Waals surface area contributed by atoms with Crippen molar-refractivity contribution in [3.05, 3.63) is 202 Å². The quantitative estimate of drug-likeness (QED) is 0.0154. The predicted molar refractivity (Wildman–Crippen MR) is 309 cm³/mol. The molecule has 0 aliphatic heterocycles. The molecule has 0 bridgehead atoms. The Morgan fingerprint density at radius 3 is 1.40 bits per heavy atom. The van der Waals surface area contributed by atoms with Gasteiger partial charge in [-0.05, 0) is 88.4 Å². The maximum absolute atomic E-state index is 13.2. The average Bonchev–Trinajstić information content (AvgIpc) is 4.28. The van der Waals surface area contributed by atoms with Crippen molar-refractivity contribution < 1.29 is 93.1 Å². The highest BCUT2D eigenvalue weighted by atomic mass is 19.1. The van der Waals surface area contributed by atoms with E-state index in [0.29, 0.717) is 28.3 Å². The van der Waals surface area contributed by atoms with Gasteiger partial charge in [-0.15, -0.1) is 0 Å². The molecule has 7 aromatic rings. The minimum atomic E-state index is -1.22. The molecule has 0 unspecified atom stereocenters. The van der Waals surface area contributed by atoms with E-state index in [0.717, 1.165) is 25.1 Å². The van der Waals surface area contributed by atoms with Crippen molar-refractivity contribution in [3.8, 4) is 22.5 Å². The van der Waals surface area contributed by atoms with Crippen LogP contribution in [0.5, 0.6) is 0 Å². The molecule has 0 saturated carbocycles. The number of halogens is 5. The SMILES string of the molecule is C.C.C.CCOC(=O)/C(OC(C)=O)=C(/N)c1cccc(F)c1.CCOC(=O)/C=C(/N)c1cccc(F)c1.CCOC(=O)CC(=O)c1cccc(F)c1.CCOC(=O)c1oc(C)nc1-c1cccc(F)c1.Cc1nc(-c2cccc(F)c2)c(C(=O)O)o1. The van der Waals surface area contributed by atoms with Crippen molar-refractivity contribution in [1.82, 2.24) is 9.97 Å². The molecule has 86 heavy (non-hydrogen) atoms. The van der Waals surface area contributed by atoms with Gasteiger partial charge >= 0.3 is 35.8 Å². The van der Waals surface area contributed by atoms with Gasteiger partial charge in [0.05, 0.1) is 32.1 Å². The normalized spacial score (nSPS) is 10.3. The van der Waals surface area contributed by atoms with Crippen LogP contribution in [0.15, 0.2) is 142 Å². The number of benzene rings is 5. The van der Waals surface area contributed by atoms with Gasteiger partial charge in [-0.25, -0.2) is 51.1 Å². The topological polar surface area (TPSA) is 290 Å². The third-order valence-corrected chi connectivity index (χ3v) is 9.88. The molecule has 0 aliphatic carbocycles. The monoisotopic (exact) mass is 1200 g/mol. The molecule has 2 heterocycles. The van der Waals surface area contributed by atoms with Crippen molar-refractivity contribution in [3.63, 3.8) is 0 Å². The average molecular weight is 1210 g/mol. The zero-order valence-electron chi connectivity index (χ0n) is 45.8. The van der Waals surface area contributed by atoms with E-state index in [1.807, 2.05) is 0 Å². The van der Waals surface area contributed by atoms with Crippen LogP contribution < -0.4 is 11.5 Å². The molecule has 24 heteroatoms. The van der Waals surface area contributed by atoms with Gasteiger partial charge in [-0.3, -0.25) is 14.4 Å². The van der Waals surface area contributed by atoms with E-state index in [1.165, 1.54) is 91.9 Å². The number of aryl methyl sites for hydroxylation is 2. The van der Waals surface area contributed by atoms with Crippen LogP contribution in [0.4, 0.5) is 22.0 Å². The fraction of sp³-hybridized carbons (Fsp3) is 0.242. The maximum Gasteiger partial charge on any atom is 0.376 e. The van der Waals surface area contributed by atoms with Crippen molar-refractivity contribution in [2.75, 3.05) is 26.4 Å². The van der Waals surface area contributed by atoms with E-state index in [9.17, 15) is 55.5 Å². The molecule has 5 N–H and O–H groups in total. The van der Waals surface area contributed by atoms with Crippen LogP contribution in [-0.4, -0.2) is 83.1 Å². The molecule has 5 aromatic carbocycles. The number of rotatable bonds is 16. The van der Waals surface area contributed by atoms with E-state index in [1.54, 1.807) is 58.9 Å². The van der Waals surface area contributed by atoms with Crippen LogP contribution in [0.25, 0.3) is 33.9 Å². The van der Waals surface area contributed by atoms with Crippen molar-refractivity contribution in [2.24, 2.45) is 11.5 Å². The highest BCUT2D eigenvalue weighted by Gasteiger charge is 2.23. The number of carboxylic acids is 1. The molecule has 462 valence electrons. The van der Waals surface area contributed by atoms with Gasteiger partial charge in [0, 0.05) is 60.4 Å². The Morgan fingerprint density at radius 2 is 0.953 bits per heavy atom. The van der Waals surface area contributed by atoms with Crippen LogP contribution >= 0.6 is 0 Å². The number of nitrogens with zero attached hydrogens (tertiary/aromatic N) is 2. The number of carbonyl (C=O) groups excluding carboxylic acids is 6. The van der Waals surface area contributed by atoms with Crippen LogP contribution in [0.2, 0.25) is 0 Å². The Labute approximate surface area is 494 Å². The number of carboxylic acid groups (broad SMARTS) is 1. The molecular weight excluding hydrogens is 1140 g/mol. The number of oxazole rings is 2. The highest BCUT2D eigenvalue weighted by molar-refractivity contribution is 6.06. The summed E-state index contributed by atoms with van der Waals surface area (Å²) in [6.07, 6.45) is 0.787. The summed E-state index contributed by atoms with van der Waals surface area (Å²) in [6, 6.07) is 27.6. The molecular formula is C62H69F5N4O15. The molecule has 0 spiro atoms. The summed E-state index contributed by atoms with van der Waals surface area (Å²) in [4.78, 5) is 86.6. The molecule has 0 saturated heterocycles. The number of ketones is 1. The first-order chi connectivity index (χ1) is 39.4. The minimum Gasteiger partial charge on any atom is -0.475 e. The molecule has 0 radical (unpaired) electrons. The number of hydrogen-bond acceptors (Lipinski definition) is 18. The Morgan fingerprint density at radius 1 is 0.547 bits per heavy atom. The largest absolute Gasteiger partial charge is 0.475 e. The van der Waals surface area contributed by atoms with E-state index in [2.05, 4.69) is 19.4 Å². The van der Waals surface area contributed by atoms with Crippen LogP contribution in [0.1, 0.15) is 118 Å². The van der Waals surface area contributed by atoms with Crippen molar-refractivity contribution in [1.29, 1.82) is 0 Å². The molecule has 0 atom stereocenters. The van der Waals surface area contributed by atoms with Gasteiger partial charge in [-0.2, -0.15) is 0 Å². The zero-order valence-corrected chi connectivity index (χ0v) is 45.8. The van der Waals surface area contributed by atoms with E-state index in [-0.39, 0.29) is 101 Å². The maximum atomic E-state index is 13.2. The van der Waals surface area contributed by atoms with Crippen LogP contribution in [0, 0.1) is 42.9 Å². The summed E-state index contributed by atoms with van der Waals surface area (Å²) in [7, 11) is 0. The number of esters is 5. The lowest BCUT2D eigenvalue weighted by molar-refractivity contribution is -0.149. The summed E-state index contributed by atoms with van der Waals surface area (Å²) < 4.78 is 98.6. The van der Waals surface area contributed by atoms with E-state index in [4.69, 9.17) is 39.6 Å². The van der Waals surface area contributed by atoms with Gasteiger partial charge < -0.3 is 49.1 Å². The number of aromatic nitrogens is 2. The lowest BCUT2D eigenvalue weighted by Gasteiger charge is -2.10. The van der Waals surface area contributed by atoms with E-state index >= 15 is 0 Å². The molecule has 7 rings (SSSR count). The second kappa shape index (κ2) is 38.5. The van der Waals surface area contributed by atoms with Gasteiger partial charge in [0.2, 0.25) is 17.3 Å². The third kappa shape index (κ3) is 25.5. The lowest BCUT2D eigenvalue weighted by atomic mass is 10.1. The van der Waals surface area contributed by atoms with Gasteiger partial charge in [0.25, 0.3) is 0 Å². The Kier molecular flexibility index (Phi) is 33.9. The lowest BCUT2D eigenvalue weighted by Crippen LogP contribution is -2.18. The molecule has 19 nitrogen and oxygen atoms in total. The molecule has 0 amide bonds. The fourth-order valence-electron chi connectivity index (χ4n) is 6.50. The van der Waals surface area contributed by atoms with Crippen molar-refractivity contribution >= 4 is 53.0 Å². The van der Waals surface area contributed by atoms with Crippen molar-refractivity contribution in [2.45, 2.75) is 77.2 Å². The fourth-order valence-corrected chi connectivity index (χ4v) is 6.50. The van der Waals surface area contributed by atoms with Gasteiger partial charge in [0.1, 0.15) is 46.9 Å². The number of Topliss-reactive ketones (excluding diaryl/α,β-unsaturated/α-hetero) is 1. The van der Waals surface area contributed by atoms with Gasteiger partial charge in [-0.1, -0.05) is 82.9 Å². The minimum absolute atomic E-state index is 0. The Balaban J connectivity index is 0.00000104.